The highest BCUT2D eigenvalue weighted by Crippen LogP contribution is 2.46. The molecular weight excluding hydrogens is 356 g/mol. The molecule has 0 aromatic heterocycles. The largest absolute Gasteiger partial charge is 0.427 e. The van der Waals surface area contributed by atoms with Gasteiger partial charge in [0.2, 0.25) is 17.5 Å². The predicted molar refractivity (Wildman–Crippen MR) is 104 cm³/mol. The van der Waals surface area contributed by atoms with Crippen molar-refractivity contribution in [3.05, 3.63) is 66.2 Å². The van der Waals surface area contributed by atoms with Gasteiger partial charge in [-0.15, -0.1) is 0 Å². The van der Waals surface area contributed by atoms with Crippen LogP contribution in [0.15, 0.2) is 65.7 Å². The summed E-state index contributed by atoms with van der Waals surface area (Å²) in [6.07, 6.45) is -0.0786. The first-order valence-corrected chi connectivity index (χ1v) is 9.24. The molecule has 4 rings (SSSR count). The molecular formula is C22H20N2O4. The number of nitrogens with zero attached hydrogens (tertiary/aromatic N) is 2. The van der Waals surface area contributed by atoms with Crippen LogP contribution in [0.1, 0.15) is 25.8 Å². The van der Waals surface area contributed by atoms with Gasteiger partial charge in [0.25, 0.3) is 0 Å². The van der Waals surface area contributed by atoms with E-state index in [-0.39, 0.29) is 24.0 Å². The molecule has 2 heterocycles. The number of benzene rings is 2. The molecule has 1 saturated heterocycles. The van der Waals surface area contributed by atoms with Gasteiger partial charge in [-0.1, -0.05) is 62.4 Å². The fourth-order valence-electron chi connectivity index (χ4n) is 3.74. The second kappa shape index (κ2) is 6.71. The number of esters is 1. The summed E-state index contributed by atoms with van der Waals surface area (Å²) < 4.78 is 5.75. The molecule has 2 aliphatic heterocycles. The minimum absolute atomic E-state index is 0.0786. The number of amides is 2. The number of aliphatic imine (C=N–C) groups is 1. The Morgan fingerprint density at radius 2 is 1.61 bits per heavy atom. The number of carbonyl (C=O) groups excluding carboxylic acids is 3. The Labute approximate surface area is 162 Å². The number of cyclic esters (lactones) is 1. The first kappa shape index (κ1) is 18.1. The van der Waals surface area contributed by atoms with E-state index in [4.69, 9.17) is 4.74 Å². The molecule has 0 saturated carbocycles. The third-order valence-electron chi connectivity index (χ3n) is 5.11. The zero-order chi connectivity index (χ0) is 19.9. The van der Waals surface area contributed by atoms with E-state index >= 15 is 0 Å². The lowest BCUT2D eigenvalue weighted by atomic mass is 9.87. The van der Waals surface area contributed by atoms with Crippen molar-refractivity contribution in [1.82, 2.24) is 0 Å². The van der Waals surface area contributed by atoms with Gasteiger partial charge < -0.3 is 4.74 Å². The van der Waals surface area contributed by atoms with Crippen molar-refractivity contribution >= 4 is 29.2 Å². The molecule has 0 spiro atoms. The predicted octanol–water partition coefficient (Wildman–Crippen LogP) is 3.07. The molecule has 0 bridgehead atoms. The van der Waals surface area contributed by atoms with E-state index in [1.54, 1.807) is 48.5 Å². The Balaban J connectivity index is 1.82. The molecule has 2 amide bonds. The van der Waals surface area contributed by atoms with Crippen LogP contribution in [0.4, 0.5) is 5.69 Å². The van der Waals surface area contributed by atoms with Crippen molar-refractivity contribution in [2.24, 2.45) is 16.8 Å². The first-order valence-electron chi connectivity index (χ1n) is 9.24. The number of para-hydroxylation sites is 1. The van der Waals surface area contributed by atoms with Crippen LogP contribution in [0.25, 0.3) is 0 Å². The molecule has 2 atom stereocenters. The zero-order valence-electron chi connectivity index (χ0n) is 15.7. The number of rotatable bonds is 4. The maximum absolute atomic E-state index is 13.3. The van der Waals surface area contributed by atoms with Gasteiger partial charge in [0, 0.05) is 17.9 Å². The van der Waals surface area contributed by atoms with Crippen LogP contribution in [0.2, 0.25) is 0 Å². The number of anilines is 1. The molecule has 1 fully saturated rings. The van der Waals surface area contributed by atoms with E-state index in [1.807, 2.05) is 26.0 Å². The van der Waals surface area contributed by atoms with Crippen LogP contribution in [-0.2, 0) is 24.8 Å². The van der Waals surface area contributed by atoms with Crippen LogP contribution < -0.4 is 4.90 Å². The van der Waals surface area contributed by atoms with Gasteiger partial charge in [-0.3, -0.25) is 14.5 Å². The normalized spacial score (nSPS) is 24.7. The van der Waals surface area contributed by atoms with Crippen LogP contribution >= 0.6 is 0 Å². The summed E-state index contributed by atoms with van der Waals surface area (Å²) in [7, 11) is 0. The summed E-state index contributed by atoms with van der Waals surface area (Å²) in [5.74, 6) is -2.36. The summed E-state index contributed by atoms with van der Waals surface area (Å²) in [4.78, 5) is 44.4. The summed E-state index contributed by atoms with van der Waals surface area (Å²) in [5, 5.41) is 0. The van der Waals surface area contributed by atoms with Gasteiger partial charge in [0.05, 0.1) is 5.69 Å². The number of ether oxygens (including phenoxy) is 1. The van der Waals surface area contributed by atoms with Crippen molar-refractivity contribution in [1.29, 1.82) is 0 Å². The van der Waals surface area contributed by atoms with E-state index in [2.05, 4.69) is 4.99 Å². The van der Waals surface area contributed by atoms with E-state index in [0.717, 1.165) is 4.90 Å². The van der Waals surface area contributed by atoms with Gasteiger partial charge in [0.15, 0.2) is 0 Å². The van der Waals surface area contributed by atoms with Crippen molar-refractivity contribution in [3.63, 3.8) is 0 Å². The molecule has 28 heavy (non-hydrogen) atoms. The van der Waals surface area contributed by atoms with Crippen molar-refractivity contribution < 1.29 is 19.1 Å². The molecule has 2 unspecified atom stereocenters. The Kier molecular flexibility index (Phi) is 4.34. The molecule has 6 nitrogen and oxygen atoms in total. The molecule has 0 radical (unpaired) electrons. The summed E-state index contributed by atoms with van der Waals surface area (Å²) in [6, 6.07) is 17.7. The van der Waals surface area contributed by atoms with Crippen LogP contribution in [0.5, 0.6) is 0 Å². The number of hydrogen-bond acceptors (Lipinski definition) is 5. The average molecular weight is 376 g/mol. The smallest absolute Gasteiger partial charge is 0.355 e. The summed E-state index contributed by atoms with van der Waals surface area (Å²) >= 11 is 0. The number of hydrogen-bond donors (Lipinski definition) is 0. The van der Waals surface area contributed by atoms with Crippen LogP contribution in [0, 0.1) is 11.8 Å². The quantitative estimate of drug-likeness (QED) is 0.607. The van der Waals surface area contributed by atoms with Crippen LogP contribution in [-0.4, -0.2) is 23.5 Å². The maximum Gasteiger partial charge on any atom is 0.355 e. The van der Waals surface area contributed by atoms with E-state index in [1.165, 1.54) is 0 Å². The monoisotopic (exact) mass is 376 g/mol. The van der Waals surface area contributed by atoms with Gasteiger partial charge >= 0.3 is 5.97 Å². The lowest BCUT2D eigenvalue weighted by Crippen LogP contribution is -2.40. The van der Waals surface area contributed by atoms with E-state index < -0.39 is 23.5 Å². The van der Waals surface area contributed by atoms with E-state index in [0.29, 0.717) is 11.3 Å². The van der Waals surface area contributed by atoms with Crippen molar-refractivity contribution in [2.75, 3.05) is 4.90 Å². The highest BCUT2D eigenvalue weighted by molar-refractivity contribution is 6.38. The Morgan fingerprint density at radius 1 is 1.00 bits per heavy atom. The van der Waals surface area contributed by atoms with E-state index in [9.17, 15) is 14.4 Å². The summed E-state index contributed by atoms with van der Waals surface area (Å²) in [6.45, 7) is 3.69. The lowest BCUT2D eigenvalue weighted by Gasteiger charge is -2.30. The standard InChI is InChI=1S/C22H20N2O4/c1-14(2)19-21(27)28-22(23-19,15-9-5-3-6-10-15)17-13-18(25)24(20(17)26)16-11-7-4-8-12-16/h3-12,14,17H,13H2,1-2H3. The molecule has 0 aliphatic carbocycles. The highest BCUT2D eigenvalue weighted by Gasteiger charge is 2.58. The second-order valence-corrected chi connectivity index (χ2v) is 7.26. The van der Waals surface area contributed by atoms with Gasteiger partial charge in [0.1, 0.15) is 11.6 Å². The van der Waals surface area contributed by atoms with Gasteiger partial charge in [-0.05, 0) is 12.1 Å². The zero-order valence-corrected chi connectivity index (χ0v) is 15.7. The number of carbonyl (C=O) groups is 3. The molecule has 2 aromatic rings. The van der Waals surface area contributed by atoms with Crippen molar-refractivity contribution in [2.45, 2.75) is 26.0 Å². The molecule has 6 heteroatoms. The highest BCUT2D eigenvalue weighted by atomic mass is 16.6. The number of imide groups is 1. The van der Waals surface area contributed by atoms with Gasteiger partial charge in [-0.25, -0.2) is 9.79 Å². The third-order valence-corrected chi connectivity index (χ3v) is 5.11. The molecule has 2 aliphatic rings. The molecule has 142 valence electrons. The Bertz CT molecular complexity index is 969. The fraction of sp³-hybridized carbons (Fsp3) is 0.273. The maximum atomic E-state index is 13.3. The van der Waals surface area contributed by atoms with Crippen LogP contribution in [0.3, 0.4) is 0 Å². The van der Waals surface area contributed by atoms with Crippen molar-refractivity contribution in [3.8, 4) is 0 Å². The molecule has 0 N–H and O–H groups in total. The Morgan fingerprint density at radius 3 is 2.18 bits per heavy atom. The Hall–Kier alpha value is -3.28. The minimum Gasteiger partial charge on any atom is -0.427 e. The fourth-order valence-corrected chi connectivity index (χ4v) is 3.74. The SMILES string of the molecule is CC(C)C1=NC(c2ccccc2)(C2CC(=O)N(c3ccccc3)C2=O)OC1=O. The van der Waals surface area contributed by atoms with Gasteiger partial charge in [-0.2, -0.15) is 0 Å². The average Bonchev–Trinajstić information content (AvgIpc) is 3.21. The third kappa shape index (κ3) is 2.72. The summed E-state index contributed by atoms with van der Waals surface area (Å²) in [5.41, 5.74) is -0.156. The lowest BCUT2D eigenvalue weighted by molar-refractivity contribution is -0.156. The minimum atomic E-state index is -1.52. The first-order chi connectivity index (χ1) is 13.4. The molecule has 2 aromatic carbocycles. The second-order valence-electron chi connectivity index (χ2n) is 7.26. The topological polar surface area (TPSA) is 76.0 Å².